The fraction of sp³-hybridized carbons (Fsp3) is 0.300. The fourth-order valence-corrected chi connectivity index (χ4v) is 6.65. The molecule has 3 aliphatic heterocycles. The minimum atomic E-state index is -0.915. The number of methoxy groups -OCH3 is 1. The predicted octanol–water partition coefficient (Wildman–Crippen LogP) is 3.71. The molecule has 2 saturated heterocycles. The number of ether oxygens (including phenoxy) is 1. The molecule has 0 spiro atoms. The van der Waals surface area contributed by atoms with E-state index in [0.717, 1.165) is 0 Å². The van der Waals surface area contributed by atoms with Crippen molar-refractivity contribution >= 4 is 52.4 Å². The minimum absolute atomic E-state index is 0.0847. The Morgan fingerprint density at radius 2 is 1.98 bits per heavy atom. The van der Waals surface area contributed by atoms with Gasteiger partial charge in [0, 0.05) is 66.3 Å². The molecule has 0 bridgehead atoms. The van der Waals surface area contributed by atoms with Crippen LogP contribution in [0.1, 0.15) is 22.2 Å². The standard InChI is InChI=1S/C30H28ClFN6O5S/c1-43-29(41)25-23(34-27(28-33-8-11-44-28)35-26(25)21-7-4-18(32)13-22(21)31)16-36-9-10-37-20(14-36)15-38(30(37)42)19-5-2-17(3-6-19)12-24(39)40/h2-8,11,13,20,26H,9-10,12,14-16H2,1H3,(H,34,35)(H,39,40). The number of urea groups is 1. The number of carboxylic acid groups (broad SMARTS) is 1. The van der Waals surface area contributed by atoms with E-state index in [9.17, 15) is 18.8 Å². The summed E-state index contributed by atoms with van der Waals surface area (Å²) in [5.41, 5.74) is 2.64. The van der Waals surface area contributed by atoms with E-state index >= 15 is 0 Å². The van der Waals surface area contributed by atoms with Gasteiger partial charge in [0.1, 0.15) is 11.9 Å². The zero-order valence-electron chi connectivity index (χ0n) is 23.6. The molecule has 2 N–H and O–H groups in total. The summed E-state index contributed by atoms with van der Waals surface area (Å²) in [5, 5.41) is 14.9. The molecule has 2 aromatic carbocycles. The maximum Gasteiger partial charge on any atom is 0.338 e. The smallest absolute Gasteiger partial charge is 0.338 e. The fourth-order valence-electron chi connectivity index (χ4n) is 5.79. The number of piperazine rings is 1. The third-order valence-electron chi connectivity index (χ3n) is 7.85. The second kappa shape index (κ2) is 12.3. The van der Waals surface area contributed by atoms with Crippen LogP contribution in [0.15, 0.2) is 70.3 Å². The average molecular weight is 639 g/mol. The van der Waals surface area contributed by atoms with Gasteiger partial charge in [-0.2, -0.15) is 0 Å². The molecule has 0 saturated carbocycles. The molecule has 0 aliphatic carbocycles. The van der Waals surface area contributed by atoms with Crippen LogP contribution >= 0.6 is 22.9 Å². The van der Waals surface area contributed by atoms with Crippen molar-refractivity contribution in [3.63, 3.8) is 0 Å². The van der Waals surface area contributed by atoms with Crippen molar-refractivity contribution < 1.29 is 28.6 Å². The molecule has 11 nitrogen and oxygen atoms in total. The third kappa shape index (κ3) is 5.90. The first kappa shape index (κ1) is 29.7. The number of carboxylic acids is 1. The highest BCUT2D eigenvalue weighted by molar-refractivity contribution is 7.11. The maximum absolute atomic E-state index is 14.0. The number of hydrogen-bond donors (Lipinski definition) is 2. The number of nitrogens with zero attached hydrogens (tertiary/aromatic N) is 5. The molecular weight excluding hydrogens is 611 g/mol. The van der Waals surface area contributed by atoms with E-state index in [2.05, 4.69) is 15.2 Å². The number of carbonyl (C=O) groups is 3. The number of benzene rings is 2. The Morgan fingerprint density at radius 3 is 2.66 bits per heavy atom. The first-order chi connectivity index (χ1) is 21.2. The van der Waals surface area contributed by atoms with Crippen LogP contribution in [0.25, 0.3) is 0 Å². The molecule has 2 amide bonds. The van der Waals surface area contributed by atoms with Crippen molar-refractivity contribution in [3.05, 3.63) is 92.3 Å². The van der Waals surface area contributed by atoms with Gasteiger partial charge in [-0.25, -0.2) is 19.0 Å². The molecule has 3 aliphatic rings. The normalized spacial score (nSPS) is 20.3. The summed E-state index contributed by atoms with van der Waals surface area (Å²) >= 11 is 7.84. The van der Waals surface area contributed by atoms with Crippen LogP contribution in [-0.4, -0.2) is 89.6 Å². The zero-order valence-corrected chi connectivity index (χ0v) is 25.1. The molecule has 2 unspecified atom stereocenters. The van der Waals surface area contributed by atoms with Crippen LogP contribution in [0.5, 0.6) is 0 Å². The lowest BCUT2D eigenvalue weighted by Crippen LogP contribution is -2.53. The molecule has 0 radical (unpaired) electrons. The van der Waals surface area contributed by atoms with E-state index in [4.69, 9.17) is 26.4 Å². The largest absolute Gasteiger partial charge is 0.481 e. The van der Waals surface area contributed by atoms with Crippen molar-refractivity contribution in [1.29, 1.82) is 0 Å². The summed E-state index contributed by atoms with van der Waals surface area (Å²) in [6.45, 7) is 2.37. The number of esters is 1. The summed E-state index contributed by atoms with van der Waals surface area (Å²) in [7, 11) is 1.29. The van der Waals surface area contributed by atoms with E-state index in [1.54, 1.807) is 35.4 Å². The third-order valence-corrected chi connectivity index (χ3v) is 8.95. The zero-order chi connectivity index (χ0) is 31.0. The van der Waals surface area contributed by atoms with Gasteiger partial charge < -0.3 is 20.1 Å². The number of thiazole rings is 1. The minimum Gasteiger partial charge on any atom is -0.481 e. The van der Waals surface area contributed by atoms with Gasteiger partial charge in [-0.1, -0.05) is 29.8 Å². The van der Waals surface area contributed by atoms with Crippen LogP contribution in [0, 0.1) is 5.82 Å². The number of fused-ring (bicyclic) bond motifs is 1. The summed E-state index contributed by atoms with van der Waals surface area (Å²) in [4.78, 5) is 52.5. The van der Waals surface area contributed by atoms with Gasteiger partial charge in [-0.05, 0) is 29.8 Å². The van der Waals surface area contributed by atoms with E-state index in [0.29, 0.717) is 66.1 Å². The molecule has 14 heteroatoms. The second-order valence-corrected chi connectivity index (χ2v) is 11.9. The Labute approximate surface area is 261 Å². The molecule has 4 heterocycles. The number of nitrogens with one attached hydrogen (secondary N) is 1. The highest BCUT2D eigenvalue weighted by Gasteiger charge is 2.42. The topological polar surface area (TPSA) is 128 Å². The van der Waals surface area contributed by atoms with E-state index in [1.165, 1.54) is 36.6 Å². The highest BCUT2D eigenvalue weighted by Crippen LogP contribution is 2.37. The van der Waals surface area contributed by atoms with Gasteiger partial charge in [0.15, 0.2) is 10.8 Å². The first-order valence-corrected chi connectivity index (χ1v) is 15.1. The number of carbonyl (C=O) groups excluding carboxylic acids is 2. The van der Waals surface area contributed by atoms with Crippen LogP contribution < -0.4 is 10.2 Å². The Bertz CT molecular complexity index is 1660. The van der Waals surface area contributed by atoms with Gasteiger partial charge in [0.05, 0.1) is 25.1 Å². The summed E-state index contributed by atoms with van der Waals surface area (Å²) in [6.07, 6.45) is 1.57. The van der Waals surface area contributed by atoms with Gasteiger partial charge in [-0.3, -0.25) is 19.6 Å². The Kier molecular flexibility index (Phi) is 8.34. The number of amidine groups is 1. The SMILES string of the molecule is COC(=O)C1=C(CN2CCN3C(=O)N(c4ccc(CC(=O)O)cc4)CC3C2)NC(c2nccs2)=NC1c1ccc(F)cc1Cl. The molecular formula is C30H28ClFN6O5S. The first-order valence-electron chi connectivity index (χ1n) is 13.8. The van der Waals surface area contributed by atoms with Crippen molar-refractivity contribution in [1.82, 2.24) is 20.1 Å². The van der Waals surface area contributed by atoms with Gasteiger partial charge in [0.25, 0.3) is 0 Å². The monoisotopic (exact) mass is 638 g/mol. The van der Waals surface area contributed by atoms with E-state index in [1.807, 2.05) is 10.3 Å². The van der Waals surface area contributed by atoms with Gasteiger partial charge in [-0.15, -0.1) is 11.3 Å². The highest BCUT2D eigenvalue weighted by atomic mass is 35.5. The number of hydrogen-bond acceptors (Lipinski definition) is 9. The molecule has 228 valence electrons. The number of halogens is 2. The Morgan fingerprint density at radius 1 is 1.18 bits per heavy atom. The summed E-state index contributed by atoms with van der Waals surface area (Å²) in [5.74, 6) is -1.55. The number of rotatable bonds is 8. The number of amides is 2. The van der Waals surface area contributed by atoms with Crippen LogP contribution in [0.3, 0.4) is 0 Å². The van der Waals surface area contributed by atoms with Crippen molar-refractivity contribution in [2.45, 2.75) is 18.5 Å². The maximum atomic E-state index is 14.0. The lowest BCUT2D eigenvalue weighted by atomic mass is 9.95. The van der Waals surface area contributed by atoms with E-state index in [-0.39, 0.29) is 29.1 Å². The van der Waals surface area contributed by atoms with Crippen LogP contribution in [0.2, 0.25) is 5.02 Å². The number of aliphatic carboxylic acids is 1. The molecule has 3 aromatic rings. The molecule has 1 aromatic heterocycles. The van der Waals surface area contributed by atoms with Crippen molar-refractivity contribution in [2.75, 3.05) is 44.7 Å². The predicted molar refractivity (Wildman–Crippen MR) is 162 cm³/mol. The molecule has 44 heavy (non-hydrogen) atoms. The average Bonchev–Trinajstić information content (AvgIpc) is 3.65. The Balaban J connectivity index is 1.26. The quantitative estimate of drug-likeness (QED) is 0.358. The second-order valence-electron chi connectivity index (χ2n) is 10.6. The van der Waals surface area contributed by atoms with Crippen LogP contribution in [-0.2, 0) is 20.7 Å². The Hall–Kier alpha value is -4.33. The number of anilines is 1. The van der Waals surface area contributed by atoms with E-state index < -0.39 is 23.8 Å². The van der Waals surface area contributed by atoms with Gasteiger partial charge >= 0.3 is 18.0 Å². The van der Waals surface area contributed by atoms with Gasteiger partial charge in [0.2, 0.25) is 0 Å². The van der Waals surface area contributed by atoms with Crippen LogP contribution in [0.4, 0.5) is 14.9 Å². The molecule has 2 fully saturated rings. The van der Waals surface area contributed by atoms with Crippen molar-refractivity contribution in [2.24, 2.45) is 4.99 Å². The molecule has 2 atom stereocenters. The number of aromatic nitrogens is 1. The summed E-state index contributed by atoms with van der Waals surface area (Å²) in [6, 6.07) is 9.90. The number of aliphatic imine (C=N–C) groups is 1. The lowest BCUT2D eigenvalue weighted by Gasteiger charge is -2.38. The lowest BCUT2D eigenvalue weighted by molar-refractivity contribution is -0.137. The molecule has 6 rings (SSSR count). The summed E-state index contributed by atoms with van der Waals surface area (Å²) < 4.78 is 19.1. The van der Waals surface area contributed by atoms with Crippen molar-refractivity contribution in [3.8, 4) is 0 Å².